The SMILES string of the molecule is CC(C)(C)OC(=O)N1CCN(c2nccc3scc([S-](=O)=O)c23)CC1.[Li+]. The molecule has 136 valence electrons. The van der Waals surface area contributed by atoms with Gasteiger partial charge < -0.3 is 23.0 Å². The smallest absolute Gasteiger partial charge is 0.444 e. The Morgan fingerprint density at radius 1 is 1.23 bits per heavy atom. The standard InChI is InChI=1S/C16H20N3O4S2.Li/c1-16(2,3)23-15(20)19-8-6-18(7-9-19)14-13-11(4-5-17-14)24-10-12(13)25(21)22;/h4-5,10H,6-9H2,1-3H3;/q-1;+1. The van der Waals surface area contributed by atoms with Crippen LogP contribution in [0, 0.1) is 0 Å². The van der Waals surface area contributed by atoms with E-state index in [4.69, 9.17) is 4.74 Å². The van der Waals surface area contributed by atoms with Crippen LogP contribution in [0.3, 0.4) is 0 Å². The molecular formula is C16H20LiN3O4S2. The van der Waals surface area contributed by atoms with Gasteiger partial charge in [0.05, 0.1) is 0 Å². The monoisotopic (exact) mass is 389 g/mol. The minimum atomic E-state index is -2.30. The zero-order valence-corrected chi connectivity index (χ0v) is 17.0. The quantitative estimate of drug-likeness (QED) is 0.533. The second-order valence-corrected chi connectivity index (χ2v) is 8.62. The fraction of sp³-hybridized carbons (Fsp3) is 0.500. The number of rotatable bonds is 2. The summed E-state index contributed by atoms with van der Waals surface area (Å²) < 4.78 is 29.2. The third-order valence-corrected chi connectivity index (χ3v) is 5.62. The van der Waals surface area contributed by atoms with Crippen molar-refractivity contribution in [3.8, 4) is 0 Å². The molecule has 3 heterocycles. The molecule has 2 aromatic heterocycles. The summed E-state index contributed by atoms with van der Waals surface area (Å²) >= 11 is 1.39. The third kappa shape index (κ3) is 4.52. The van der Waals surface area contributed by atoms with Crippen molar-refractivity contribution < 1.29 is 36.8 Å². The van der Waals surface area contributed by atoms with E-state index >= 15 is 0 Å². The summed E-state index contributed by atoms with van der Waals surface area (Å²) in [5.41, 5.74) is -0.523. The largest absolute Gasteiger partial charge is 1.00 e. The van der Waals surface area contributed by atoms with Gasteiger partial charge >= 0.3 is 25.0 Å². The summed E-state index contributed by atoms with van der Waals surface area (Å²) in [5, 5.41) is 2.29. The second-order valence-electron chi connectivity index (χ2n) is 6.80. The number of piperazine rings is 1. The van der Waals surface area contributed by atoms with Crippen molar-refractivity contribution in [3.05, 3.63) is 17.6 Å². The van der Waals surface area contributed by atoms with Gasteiger partial charge in [0.25, 0.3) is 0 Å². The van der Waals surface area contributed by atoms with Crippen LogP contribution < -0.4 is 23.8 Å². The fourth-order valence-electron chi connectivity index (χ4n) is 2.73. The van der Waals surface area contributed by atoms with Gasteiger partial charge in [-0.25, -0.2) is 9.78 Å². The van der Waals surface area contributed by atoms with Crippen LogP contribution in [0.5, 0.6) is 0 Å². The van der Waals surface area contributed by atoms with Crippen LogP contribution in [0.25, 0.3) is 10.1 Å². The molecule has 2 aromatic rings. The number of hydrogen-bond acceptors (Lipinski definition) is 8. The molecule has 1 aliphatic heterocycles. The van der Waals surface area contributed by atoms with E-state index in [9.17, 15) is 13.2 Å². The Labute approximate surface area is 170 Å². The van der Waals surface area contributed by atoms with Crippen LogP contribution in [0.4, 0.5) is 10.6 Å². The van der Waals surface area contributed by atoms with Crippen molar-refractivity contribution in [1.29, 1.82) is 0 Å². The molecule has 1 saturated heterocycles. The maximum atomic E-state index is 12.2. The van der Waals surface area contributed by atoms with Crippen LogP contribution in [0.1, 0.15) is 20.8 Å². The molecule has 1 aliphatic rings. The van der Waals surface area contributed by atoms with Crippen LogP contribution in [0.15, 0.2) is 22.5 Å². The zero-order chi connectivity index (χ0) is 18.2. The number of aromatic nitrogens is 1. The number of hydrogen-bond donors (Lipinski definition) is 0. The molecule has 10 heteroatoms. The van der Waals surface area contributed by atoms with Gasteiger partial charge in [0.2, 0.25) is 0 Å². The number of carbonyl (C=O) groups is 1. The molecular weight excluding hydrogens is 369 g/mol. The number of anilines is 1. The molecule has 0 spiro atoms. The zero-order valence-electron chi connectivity index (χ0n) is 15.4. The molecule has 3 rings (SSSR count). The molecule has 26 heavy (non-hydrogen) atoms. The average molecular weight is 389 g/mol. The first-order chi connectivity index (χ1) is 11.8. The van der Waals surface area contributed by atoms with E-state index in [1.165, 1.54) is 11.3 Å². The Kier molecular flexibility index (Phi) is 6.61. The summed E-state index contributed by atoms with van der Waals surface area (Å²) in [4.78, 5) is 20.5. The second kappa shape index (κ2) is 8.17. The molecule has 1 amide bonds. The summed E-state index contributed by atoms with van der Waals surface area (Å²) in [6.45, 7) is 7.69. The molecule has 1 fully saturated rings. The van der Waals surface area contributed by atoms with E-state index in [-0.39, 0.29) is 29.8 Å². The predicted molar refractivity (Wildman–Crippen MR) is 96.6 cm³/mol. The van der Waals surface area contributed by atoms with E-state index in [1.807, 2.05) is 31.7 Å². The van der Waals surface area contributed by atoms with Crippen molar-refractivity contribution in [1.82, 2.24) is 9.88 Å². The number of nitrogens with zero attached hydrogens (tertiary/aromatic N) is 3. The third-order valence-electron chi connectivity index (χ3n) is 3.84. The van der Waals surface area contributed by atoms with Crippen molar-refractivity contribution in [3.63, 3.8) is 0 Å². The molecule has 0 atom stereocenters. The molecule has 0 aliphatic carbocycles. The fourth-order valence-corrected chi connectivity index (χ4v) is 4.43. The maximum absolute atomic E-state index is 12.2. The van der Waals surface area contributed by atoms with Crippen molar-refractivity contribution in [2.75, 3.05) is 31.1 Å². The van der Waals surface area contributed by atoms with Crippen molar-refractivity contribution in [2.45, 2.75) is 31.3 Å². The van der Waals surface area contributed by atoms with E-state index in [1.54, 1.807) is 16.5 Å². The van der Waals surface area contributed by atoms with Crippen LogP contribution in [-0.2, 0) is 23.9 Å². The Hall–Kier alpha value is -1.27. The summed E-state index contributed by atoms with van der Waals surface area (Å²) in [5.74, 6) is 0.654. The molecule has 0 bridgehead atoms. The van der Waals surface area contributed by atoms with Crippen LogP contribution in [0.2, 0.25) is 0 Å². The van der Waals surface area contributed by atoms with Gasteiger partial charge in [-0.1, -0.05) is 4.90 Å². The van der Waals surface area contributed by atoms with Crippen molar-refractivity contribution in [2.24, 2.45) is 0 Å². The number of pyridine rings is 1. The van der Waals surface area contributed by atoms with Gasteiger partial charge in [-0.05, 0) is 42.9 Å². The predicted octanol–water partition coefficient (Wildman–Crippen LogP) is 0.0256. The van der Waals surface area contributed by atoms with Crippen LogP contribution in [-0.4, -0.2) is 47.8 Å². The number of fused-ring (bicyclic) bond motifs is 1. The summed E-state index contributed by atoms with van der Waals surface area (Å²) in [6.07, 6.45) is 1.36. The first-order valence-electron chi connectivity index (χ1n) is 7.94. The topological polar surface area (TPSA) is 79.8 Å². The Balaban J connectivity index is 0.00000243. The number of thiophene rings is 1. The number of amides is 1. The minimum Gasteiger partial charge on any atom is -0.444 e. The Morgan fingerprint density at radius 2 is 1.88 bits per heavy atom. The molecule has 0 aromatic carbocycles. The van der Waals surface area contributed by atoms with E-state index in [2.05, 4.69) is 4.98 Å². The van der Waals surface area contributed by atoms with Gasteiger partial charge in [0.1, 0.15) is 11.4 Å². The van der Waals surface area contributed by atoms with E-state index < -0.39 is 16.3 Å². The molecule has 7 nitrogen and oxygen atoms in total. The van der Waals surface area contributed by atoms with Gasteiger partial charge in [-0.15, -0.1) is 11.3 Å². The van der Waals surface area contributed by atoms with Gasteiger partial charge in [-0.2, -0.15) is 0 Å². The molecule has 0 saturated carbocycles. The van der Waals surface area contributed by atoms with E-state index in [0.29, 0.717) is 37.4 Å². The first kappa shape index (κ1) is 21.0. The van der Waals surface area contributed by atoms with E-state index in [0.717, 1.165) is 4.70 Å². The first-order valence-corrected chi connectivity index (χ1v) is 9.90. The van der Waals surface area contributed by atoms with Gasteiger partial charge in [0.15, 0.2) is 0 Å². The van der Waals surface area contributed by atoms with Crippen molar-refractivity contribution >= 4 is 44.0 Å². The number of ether oxygens (including phenoxy) is 1. The van der Waals surface area contributed by atoms with Gasteiger partial charge in [-0.3, -0.25) is 0 Å². The average Bonchev–Trinajstić information content (AvgIpc) is 2.97. The van der Waals surface area contributed by atoms with Crippen LogP contribution >= 0.6 is 11.3 Å². The maximum Gasteiger partial charge on any atom is 1.00 e. The molecule has 0 N–H and O–H groups in total. The Bertz CT molecular complexity index is 860. The molecule has 0 unspecified atom stereocenters. The summed E-state index contributed by atoms with van der Waals surface area (Å²) in [6, 6.07) is 1.82. The normalized spacial score (nSPS) is 15.2. The summed E-state index contributed by atoms with van der Waals surface area (Å²) in [7, 11) is -2.30. The minimum absolute atomic E-state index is 0. The molecule has 0 radical (unpaired) electrons. The van der Waals surface area contributed by atoms with Gasteiger partial charge in [0, 0.05) is 42.5 Å². The number of carbonyl (C=O) groups excluding carboxylic acids is 1. The Morgan fingerprint density at radius 3 is 2.46 bits per heavy atom.